The van der Waals surface area contributed by atoms with Gasteiger partial charge in [0.05, 0.1) is 22.9 Å². The van der Waals surface area contributed by atoms with Gasteiger partial charge in [-0.3, -0.25) is 4.68 Å². The molecule has 2 aromatic rings. The molecule has 17 heavy (non-hydrogen) atoms. The van der Waals surface area contributed by atoms with Crippen molar-refractivity contribution in [1.82, 2.24) is 9.78 Å². The molecule has 0 aliphatic rings. The number of para-hydroxylation sites is 2. The highest BCUT2D eigenvalue weighted by Gasteiger charge is 2.02. The third-order valence-electron chi connectivity index (χ3n) is 2.38. The van der Waals surface area contributed by atoms with Gasteiger partial charge < -0.3 is 10.5 Å². The molecule has 0 spiro atoms. The number of ether oxygens (including phenoxy) is 1. The Hall–Kier alpha value is -1.68. The van der Waals surface area contributed by atoms with Gasteiger partial charge in [0.15, 0.2) is 0 Å². The summed E-state index contributed by atoms with van der Waals surface area (Å²) in [4.78, 5) is 0. The van der Waals surface area contributed by atoms with Gasteiger partial charge in [0.25, 0.3) is 0 Å². The predicted molar refractivity (Wildman–Crippen MR) is 68.3 cm³/mol. The maximum atomic E-state index is 5.91. The van der Waals surface area contributed by atoms with E-state index in [9.17, 15) is 0 Å². The van der Waals surface area contributed by atoms with Crippen LogP contribution in [-0.4, -0.2) is 16.4 Å². The fraction of sp³-hybridized carbons (Fsp3) is 0.250. The lowest BCUT2D eigenvalue weighted by atomic mass is 10.3. The lowest BCUT2D eigenvalue weighted by molar-refractivity contribution is 0.292. The Balaban J connectivity index is 1.90. The molecule has 0 radical (unpaired) electrons. The molecule has 1 aromatic heterocycles. The van der Waals surface area contributed by atoms with Crippen molar-refractivity contribution in [1.29, 1.82) is 0 Å². The van der Waals surface area contributed by atoms with Crippen LogP contribution in [0.15, 0.2) is 30.5 Å². The first-order valence-corrected chi connectivity index (χ1v) is 5.71. The molecule has 2 N–H and O–H groups in total. The molecular formula is C12H14ClN3O. The van der Waals surface area contributed by atoms with Gasteiger partial charge in [-0.05, 0) is 19.1 Å². The summed E-state index contributed by atoms with van der Waals surface area (Å²) in [6.07, 6.45) is 1.79. The average Bonchev–Trinajstić information content (AvgIpc) is 2.61. The van der Waals surface area contributed by atoms with Crippen LogP contribution >= 0.6 is 11.6 Å². The van der Waals surface area contributed by atoms with Crippen LogP contribution in [-0.2, 0) is 6.54 Å². The van der Waals surface area contributed by atoms with Crippen LogP contribution in [0.5, 0.6) is 5.75 Å². The predicted octanol–water partition coefficient (Wildman–Crippen LogP) is 2.51. The first-order valence-electron chi connectivity index (χ1n) is 5.33. The van der Waals surface area contributed by atoms with Crippen molar-refractivity contribution < 1.29 is 4.74 Å². The van der Waals surface area contributed by atoms with Gasteiger partial charge in [0.2, 0.25) is 0 Å². The van der Waals surface area contributed by atoms with Crippen LogP contribution in [0.3, 0.4) is 0 Å². The third kappa shape index (κ3) is 2.91. The van der Waals surface area contributed by atoms with Crippen LogP contribution in [0.4, 0.5) is 5.69 Å². The van der Waals surface area contributed by atoms with Crippen molar-refractivity contribution in [2.45, 2.75) is 13.5 Å². The van der Waals surface area contributed by atoms with Crippen molar-refractivity contribution in [3.63, 3.8) is 0 Å². The first kappa shape index (κ1) is 11.8. The van der Waals surface area contributed by atoms with E-state index in [0.29, 0.717) is 29.6 Å². The summed E-state index contributed by atoms with van der Waals surface area (Å²) in [6, 6.07) is 7.42. The first-order chi connectivity index (χ1) is 8.16. The Morgan fingerprint density at radius 2 is 2.18 bits per heavy atom. The van der Waals surface area contributed by atoms with E-state index in [1.54, 1.807) is 10.9 Å². The normalized spacial score (nSPS) is 10.5. The summed E-state index contributed by atoms with van der Waals surface area (Å²) in [5.41, 5.74) is 7.23. The fourth-order valence-electron chi connectivity index (χ4n) is 1.47. The molecule has 1 aromatic carbocycles. The molecule has 0 atom stereocenters. The third-order valence-corrected chi connectivity index (χ3v) is 2.75. The number of nitrogen functional groups attached to an aromatic ring is 1. The number of hydrogen-bond donors (Lipinski definition) is 1. The summed E-state index contributed by atoms with van der Waals surface area (Å²) < 4.78 is 7.32. The minimum absolute atomic E-state index is 0.506. The Labute approximate surface area is 105 Å². The number of aryl methyl sites for hydroxylation is 1. The molecule has 0 saturated heterocycles. The lowest BCUT2D eigenvalue weighted by Gasteiger charge is -2.08. The van der Waals surface area contributed by atoms with Gasteiger partial charge in [-0.1, -0.05) is 23.7 Å². The monoisotopic (exact) mass is 251 g/mol. The molecule has 90 valence electrons. The van der Waals surface area contributed by atoms with E-state index in [4.69, 9.17) is 22.1 Å². The van der Waals surface area contributed by atoms with Gasteiger partial charge in [-0.2, -0.15) is 5.10 Å². The van der Waals surface area contributed by atoms with Gasteiger partial charge in [-0.15, -0.1) is 0 Å². The number of benzene rings is 1. The molecule has 0 aliphatic heterocycles. The minimum atomic E-state index is 0.506. The number of nitrogens with two attached hydrogens (primary N) is 1. The van der Waals surface area contributed by atoms with E-state index in [1.807, 2.05) is 31.2 Å². The molecule has 0 unspecified atom stereocenters. The van der Waals surface area contributed by atoms with Crippen LogP contribution in [0.1, 0.15) is 5.69 Å². The zero-order valence-electron chi connectivity index (χ0n) is 9.56. The second-order valence-electron chi connectivity index (χ2n) is 3.71. The van der Waals surface area contributed by atoms with Crippen LogP contribution in [0, 0.1) is 6.92 Å². The van der Waals surface area contributed by atoms with Crippen molar-refractivity contribution in [2.75, 3.05) is 12.3 Å². The Bertz CT molecular complexity index is 491. The lowest BCUT2D eigenvalue weighted by Crippen LogP contribution is -2.09. The van der Waals surface area contributed by atoms with E-state index in [1.165, 1.54) is 0 Å². The molecule has 1 heterocycles. The van der Waals surface area contributed by atoms with Crippen LogP contribution in [0.25, 0.3) is 0 Å². The zero-order valence-corrected chi connectivity index (χ0v) is 10.3. The molecule has 5 heteroatoms. The van der Waals surface area contributed by atoms with E-state index in [-0.39, 0.29) is 0 Å². The number of halogens is 1. The van der Waals surface area contributed by atoms with E-state index in [2.05, 4.69) is 5.10 Å². The summed E-state index contributed by atoms with van der Waals surface area (Å²) in [5, 5.41) is 4.91. The summed E-state index contributed by atoms with van der Waals surface area (Å²) >= 11 is 5.91. The molecular weight excluding hydrogens is 238 g/mol. The number of aromatic nitrogens is 2. The number of anilines is 1. The molecule has 2 rings (SSSR count). The molecule has 0 fully saturated rings. The maximum Gasteiger partial charge on any atom is 0.142 e. The zero-order chi connectivity index (χ0) is 12.3. The second kappa shape index (κ2) is 5.10. The standard InChI is InChI=1S/C12H14ClN3O/c1-9-10(13)8-16(15-9)6-7-17-12-5-3-2-4-11(12)14/h2-5,8H,6-7,14H2,1H3. The van der Waals surface area contributed by atoms with Gasteiger partial charge in [-0.25, -0.2) is 0 Å². The Morgan fingerprint density at radius 3 is 2.82 bits per heavy atom. The van der Waals surface area contributed by atoms with Gasteiger partial charge in [0.1, 0.15) is 12.4 Å². The number of rotatable bonds is 4. The largest absolute Gasteiger partial charge is 0.490 e. The molecule has 0 saturated carbocycles. The van der Waals surface area contributed by atoms with Crippen LogP contribution in [0.2, 0.25) is 5.02 Å². The van der Waals surface area contributed by atoms with E-state index < -0.39 is 0 Å². The Morgan fingerprint density at radius 1 is 1.41 bits per heavy atom. The van der Waals surface area contributed by atoms with Crippen molar-refractivity contribution in [3.8, 4) is 5.75 Å². The molecule has 4 nitrogen and oxygen atoms in total. The minimum Gasteiger partial charge on any atom is -0.490 e. The van der Waals surface area contributed by atoms with E-state index in [0.717, 1.165) is 5.69 Å². The highest BCUT2D eigenvalue weighted by Crippen LogP contribution is 2.19. The molecule has 0 bridgehead atoms. The highest BCUT2D eigenvalue weighted by atomic mass is 35.5. The summed E-state index contributed by atoms with van der Waals surface area (Å²) in [5.74, 6) is 0.697. The van der Waals surface area contributed by atoms with Crippen molar-refractivity contribution in [3.05, 3.63) is 41.2 Å². The number of nitrogens with zero attached hydrogens (tertiary/aromatic N) is 2. The second-order valence-corrected chi connectivity index (χ2v) is 4.12. The van der Waals surface area contributed by atoms with Gasteiger partial charge >= 0.3 is 0 Å². The van der Waals surface area contributed by atoms with Gasteiger partial charge in [0, 0.05) is 6.20 Å². The highest BCUT2D eigenvalue weighted by molar-refractivity contribution is 6.31. The number of hydrogen-bond acceptors (Lipinski definition) is 3. The molecule has 0 amide bonds. The maximum absolute atomic E-state index is 5.91. The quantitative estimate of drug-likeness (QED) is 0.850. The van der Waals surface area contributed by atoms with Crippen molar-refractivity contribution in [2.24, 2.45) is 0 Å². The summed E-state index contributed by atoms with van der Waals surface area (Å²) in [6.45, 7) is 3.02. The SMILES string of the molecule is Cc1nn(CCOc2ccccc2N)cc1Cl. The van der Waals surface area contributed by atoms with Crippen LogP contribution < -0.4 is 10.5 Å². The van der Waals surface area contributed by atoms with E-state index >= 15 is 0 Å². The Kier molecular flexibility index (Phi) is 3.54. The topological polar surface area (TPSA) is 53.1 Å². The fourth-order valence-corrected chi connectivity index (χ4v) is 1.62. The molecule has 0 aliphatic carbocycles. The average molecular weight is 252 g/mol. The smallest absolute Gasteiger partial charge is 0.142 e. The summed E-state index contributed by atoms with van der Waals surface area (Å²) in [7, 11) is 0. The van der Waals surface area contributed by atoms with Crippen molar-refractivity contribution >= 4 is 17.3 Å².